The normalized spacial score (nSPS) is 11.5. The van der Waals surface area contributed by atoms with Crippen LogP contribution in [0.15, 0.2) is 73.2 Å². The van der Waals surface area contributed by atoms with Gasteiger partial charge in [0, 0.05) is 41.3 Å². The van der Waals surface area contributed by atoms with Gasteiger partial charge in [-0.05, 0) is 41.5 Å². The molecule has 0 atom stereocenters. The van der Waals surface area contributed by atoms with E-state index < -0.39 is 0 Å². The summed E-state index contributed by atoms with van der Waals surface area (Å²) in [5.41, 5.74) is 6.67. The molecule has 4 heterocycles. The molecule has 0 fully saturated rings. The van der Waals surface area contributed by atoms with Crippen LogP contribution in [0.3, 0.4) is 0 Å². The third-order valence-corrected chi connectivity index (χ3v) is 5.55. The summed E-state index contributed by atoms with van der Waals surface area (Å²) in [6.45, 7) is 0. The van der Waals surface area contributed by atoms with Crippen LogP contribution in [0.4, 0.5) is 4.39 Å². The maximum atomic E-state index is 14.4. The topological polar surface area (TPSA) is 75.2 Å². The van der Waals surface area contributed by atoms with Gasteiger partial charge in [-0.25, -0.2) is 9.37 Å². The minimum absolute atomic E-state index is 0.260. The summed E-state index contributed by atoms with van der Waals surface area (Å²) in [4.78, 5) is 7.80. The monoisotopic (exact) mass is 408 g/mol. The number of halogens is 1. The van der Waals surface area contributed by atoms with Gasteiger partial charge >= 0.3 is 0 Å². The Balaban J connectivity index is 1.52. The minimum Gasteiger partial charge on any atom is -0.338 e. The highest BCUT2D eigenvalue weighted by Crippen LogP contribution is 2.35. The summed E-state index contributed by atoms with van der Waals surface area (Å²) >= 11 is 0. The molecule has 0 spiro atoms. The lowest BCUT2D eigenvalue weighted by molar-refractivity contribution is 0.631. The number of H-pyrrole nitrogens is 2. The highest BCUT2D eigenvalue weighted by molar-refractivity contribution is 6.00. The van der Waals surface area contributed by atoms with Crippen molar-refractivity contribution in [1.82, 2.24) is 29.9 Å². The first-order valence-electron chi connectivity index (χ1n) is 9.87. The van der Waals surface area contributed by atoms with E-state index in [9.17, 15) is 4.39 Å². The fourth-order valence-corrected chi connectivity index (χ4v) is 4.04. The molecule has 0 aliphatic carbocycles. The number of pyridine rings is 1. The first kappa shape index (κ1) is 17.6. The summed E-state index contributed by atoms with van der Waals surface area (Å²) in [7, 11) is 1.90. The zero-order chi connectivity index (χ0) is 20.9. The lowest BCUT2D eigenvalue weighted by atomic mass is 10.0. The second kappa shape index (κ2) is 6.63. The van der Waals surface area contributed by atoms with Gasteiger partial charge in [0.05, 0.1) is 17.4 Å². The Hall–Kier alpha value is -4.26. The third kappa shape index (κ3) is 2.82. The lowest BCUT2D eigenvalue weighted by Crippen LogP contribution is -1.85. The number of benzene rings is 2. The maximum Gasteiger partial charge on any atom is 0.138 e. The van der Waals surface area contributed by atoms with Gasteiger partial charge < -0.3 is 4.98 Å². The molecule has 0 radical (unpaired) electrons. The van der Waals surface area contributed by atoms with Crippen molar-refractivity contribution < 1.29 is 4.39 Å². The van der Waals surface area contributed by atoms with E-state index in [1.807, 2.05) is 49.8 Å². The maximum absolute atomic E-state index is 14.4. The Morgan fingerprint density at radius 2 is 1.84 bits per heavy atom. The predicted molar refractivity (Wildman–Crippen MR) is 119 cm³/mol. The first-order valence-corrected chi connectivity index (χ1v) is 9.87. The highest BCUT2D eigenvalue weighted by atomic mass is 19.1. The van der Waals surface area contributed by atoms with Crippen LogP contribution in [0.5, 0.6) is 0 Å². The van der Waals surface area contributed by atoms with Crippen LogP contribution >= 0.6 is 0 Å². The van der Waals surface area contributed by atoms with Gasteiger partial charge in [-0.1, -0.05) is 24.3 Å². The number of hydrogen-bond acceptors (Lipinski definition) is 3. The van der Waals surface area contributed by atoms with E-state index in [0.717, 1.165) is 44.4 Å². The van der Waals surface area contributed by atoms with Crippen LogP contribution in [0, 0.1) is 5.82 Å². The predicted octanol–water partition coefficient (Wildman–Crippen LogP) is 5.31. The van der Waals surface area contributed by atoms with E-state index in [4.69, 9.17) is 0 Å². The molecule has 0 amide bonds. The van der Waals surface area contributed by atoms with Crippen LogP contribution in [0.2, 0.25) is 0 Å². The van der Waals surface area contributed by atoms with E-state index in [0.29, 0.717) is 11.2 Å². The highest BCUT2D eigenvalue weighted by Gasteiger charge is 2.16. The van der Waals surface area contributed by atoms with E-state index in [1.165, 1.54) is 6.07 Å². The Morgan fingerprint density at radius 3 is 2.68 bits per heavy atom. The van der Waals surface area contributed by atoms with Crippen molar-refractivity contribution in [1.29, 1.82) is 0 Å². The number of aromatic amines is 2. The van der Waals surface area contributed by atoms with Gasteiger partial charge in [-0.15, -0.1) is 0 Å². The molecule has 150 valence electrons. The van der Waals surface area contributed by atoms with Crippen LogP contribution in [0.25, 0.3) is 55.6 Å². The average Bonchev–Trinajstić information content (AvgIpc) is 3.50. The Morgan fingerprint density at radius 1 is 0.935 bits per heavy atom. The molecule has 6 rings (SSSR count). The first-order chi connectivity index (χ1) is 15.2. The molecule has 7 heteroatoms. The fraction of sp³-hybridized carbons (Fsp3) is 0.0417. The fourth-order valence-electron chi connectivity index (χ4n) is 4.04. The number of aryl methyl sites for hydroxylation is 1. The molecule has 2 aromatic carbocycles. The molecule has 0 aliphatic heterocycles. The molecule has 0 saturated carbocycles. The molecule has 0 aliphatic rings. The number of rotatable bonds is 3. The number of nitrogens with one attached hydrogen (secondary N) is 2. The zero-order valence-electron chi connectivity index (χ0n) is 16.6. The number of hydrogen-bond donors (Lipinski definition) is 2. The number of fused-ring (bicyclic) bond motifs is 2. The third-order valence-electron chi connectivity index (χ3n) is 5.55. The smallest absolute Gasteiger partial charge is 0.138 e. The van der Waals surface area contributed by atoms with Crippen molar-refractivity contribution in [3.8, 4) is 33.6 Å². The van der Waals surface area contributed by atoms with Crippen molar-refractivity contribution >= 4 is 21.9 Å². The van der Waals surface area contributed by atoms with Crippen molar-refractivity contribution in [3.63, 3.8) is 0 Å². The average molecular weight is 408 g/mol. The van der Waals surface area contributed by atoms with Crippen molar-refractivity contribution in [2.45, 2.75) is 0 Å². The summed E-state index contributed by atoms with van der Waals surface area (Å²) in [6.07, 6.45) is 5.51. The van der Waals surface area contributed by atoms with Gasteiger partial charge in [0.2, 0.25) is 0 Å². The van der Waals surface area contributed by atoms with Crippen LogP contribution in [0.1, 0.15) is 0 Å². The Labute approximate surface area is 176 Å². The van der Waals surface area contributed by atoms with Gasteiger partial charge in [0.25, 0.3) is 0 Å². The molecule has 0 bridgehead atoms. The molecule has 0 saturated heterocycles. The van der Waals surface area contributed by atoms with Gasteiger partial charge in [-0.3, -0.25) is 9.78 Å². The van der Waals surface area contributed by atoms with Crippen molar-refractivity contribution in [3.05, 3.63) is 79.0 Å². The van der Waals surface area contributed by atoms with E-state index in [2.05, 4.69) is 31.3 Å². The SMILES string of the molecule is Cn1cc(-c2ccc3[nH]nc(-c4cc5c(-c6ccccc6F)ccnc5[nH]4)c3c2)cn1. The Bertz CT molecular complexity index is 1570. The molecule has 6 nitrogen and oxygen atoms in total. The zero-order valence-corrected chi connectivity index (χ0v) is 16.6. The van der Waals surface area contributed by atoms with Crippen LogP contribution < -0.4 is 0 Å². The van der Waals surface area contributed by atoms with Gasteiger partial charge in [0.1, 0.15) is 17.2 Å². The second-order valence-corrected chi connectivity index (χ2v) is 7.52. The molecule has 6 aromatic rings. The van der Waals surface area contributed by atoms with Crippen molar-refractivity contribution in [2.24, 2.45) is 7.05 Å². The summed E-state index contributed by atoms with van der Waals surface area (Å²) in [6, 6.07) is 16.7. The minimum atomic E-state index is -0.260. The van der Waals surface area contributed by atoms with Gasteiger partial charge in [0.15, 0.2) is 0 Å². The quantitative estimate of drug-likeness (QED) is 0.417. The van der Waals surface area contributed by atoms with E-state index >= 15 is 0 Å². The standard InChI is InChI=1S/C24H17FN6/c1-31-13-15(12-27-31)14-6-7-21-19(10-14)23(30-29-21)22-11-18-16(8-9-26-24(18)28-22)17-4-2-3-5-20(17)25/h2-13H,1H3,(H,26,28)(H,29,30). The second-order valence-electron chi connectivity index (χ2n) is 7.52. The molecule has 4 aromatic heterocycles. The van der Waals surface area contributed by atoms with E-state index in [1.54, 1.807) is 23.0 Å². The summed E-state index contributed by atoms with van der Waals surface area (Å²) in [5.74, 6) is -0.260. The van der Waals surface area contributed by atoms with Gasteiger partial charge in [-0.2, -0.15) is 10.2 Å². The molecular weight excluding hydrogens is 391 g/mol. The molecule has 2 N–H and O–H groups in total. The molecule has 31 heavy (non-hydrogen) atoms. The van der Waals surface area contributed by atoms with E-state index in [-0.39, 0.29) is 5.82 Å². The van der Waals surface area contributed by atoms with Crippen molar-refractivity contribution in [2.75, 3.05) is 0 Å². The number of nitrogens with zero attached hydrogens (tertiary/aromatic N) is 4. The largest absolute Gasteiger partial charge is 0.338 e. The summed E-state index contributed by atoms with van der Waals surface area (Å²) < 4.78 is 16.2. The summed E-state index contributed by atoms with van der Waals surface area (Å²) in [5, 5.41) is 13.7. The Kier molecular flexibility index (Phi) is 3.76. The number of aromatic nitrogens is 6. The van der Waals surface area contributed by atoms with Crippen LogP contribution in [-0.4, -0.2) is 29.9 Å². The van der Waals surface area contributed by atoms with Crippen LogP contribution in [-0.2, 0) is 7.05 Å². The molecule has 0 unspecified atom stereocenters. The lowest BCUT2D eigenvalue weighted by Gasteiger charge is -2.04. The molecular formula is C24H17FN6.